The number of nitrogens with one attached hydrogen (secondary N) is 3. The average Bonchev–Trinajstić information content (AvgIpc) is 2.63. The van der Waals surface area contributed by atoms with Gasteiger partial charge in [-0.3, -0.25) is 14.4 Å². The third-order valence-corrected chi connectivity index (χ3v) is 4.65. The summed E-state index contributed by atoms with van der Waals surface area (Å²) in [4.78, 5) is 35.7. The van der Waals surface area contributed by atoms with E-state index in [1.807, 2.05) is 12.1 Å². The van der Waals surface area contributed by atoms with E-state index < -0.39 is 5.54 Å². The van der Waals surface area contributed by atoms with Gasteiger partial charge < -0.3 is 10.6 Å². The molecule has 0 atom stereocenters. The van der Waals surface area contributed by atoms with Gasteiger partial charge in [0.15, 0.2) is 0 Å². The number of rotatable bonds is 4. The number of H-pyrrole nitrogens is 1. The maximum Gasteiger partial charge on any atom is 0.264 e. The topological polar surface area (TPSA) is 104 Å². The molecule has 7 heteroatoms. The monoisotopic (exact) mass is 354 g/mol. The quantitative estimate of drug-likeness (QED) is 0.783. The van der Waals surface area contributed by atoms with Gasteiger partial charge in [0.2, 0.25) is 11.8 Å². The Morgan fingerprint density at radius 2 is 1.88 bits per heavy atom. The fourth-order valence-electron chi connectivity index (χ4n) is 3.41. The fraction of sp³-hybridized carbons (Fsp3) is 0.368. The van der Waals surface area contributed by atoms with Crippen LogP contribution >= 0.6 is 0 Å². The highest BCUT2D eigenvalue weighted by atomic mass is 16.2. The van der Waals surface area contributed by atoms with E-state index in [1.165, 1.54) is 13.0 Å². The summed E-state index contributed by atoms with van der Waals surface area (Å²) in [7, 11) is 0. The predicted molar refractivity (Wildman–Crippen MR) is 98.6 cm³/mol. The molecular weight excluding hydrogens is 332 g/mol. The van der Waals surface area contributed by atoms with E-state index in [2.05, 4.69) is 20.8 Å². The number of anilines is 1. The molecular formula is C19H22N4O3. The molecule has 0 aliphatic heterocycles. The van der Waals surface area contributed by atoms with Gasteiger partial charge in [-0.15, -0.1) is 0 Å². The van der Waals surface area contributed by atoms with Crippen molar-refractivity contribution in [1.29, 1.82) is 0 Å². The zero-order valence-electron chi connectivity index (χ0n) is 14.7. The molecule has 0 spiro atoms. The Labute approximate surface area is 151 Å². The van der Waals surface area contributed by atoms with Crippen molar-refractivity contribution in [3.05, 3.63) is 46.8 Å². The number of aromatic nitrogens is 2. The van der Waals surface area contributed by atoms with Crippen molar-refractivity contribution < 1.29 is 9.59 Å². The Morgan fingerprint density at radius 3 is 2.54 bits per heavy atom. The highest BCUT2D eigenvalue weighted by molar-refractivity contribution is 6.00. The molecule has 0 radical (unpaired) electrons. The third-order valence-electron chi connectivity index (χ3n) is 4.65. The molecule has 1 aliphatic rings. The summed E-state index contributed by atoms with van der Waals surface area (Å²) in [6.45, 7) is 1.44. The fourth-order valence-corrected chi connectivity index (χ4v) is 3.41. The maximum atomic E-state index is 12.9. The van der Waals surface area contributed by atoms with Gasteiger partial charge in [0.05, 0.1) is 5.69 Å². The first-order chi connectivity index (χ1) is 12.5. The molecule has 1 saturated carbocycles. The van der Waals surface area contributed by atoms with E-state index in [1.54, 1.807) is 18.2 Å². The first-order valence-electron chi connectivity index (χ1n) is 8.75. The maximum absolute atomic E-state index is 12.9. The first-order valence-corrected chi connectivity index (χ1v) is 8.75. The zero-order chi connectivity index (χ0) is 18.6. The van der Waals surface area contributed by atoms with Crippen molar-refractivity contribution in [1.82, 2.24) is 15.5 Å². The smallest absolute Gasteiger partial charge is 0.264 e. The van der Waals surface area contributed by atoms with E-state index in [4.69, 9.17) is 0 Å². The molecule has 26 heavy (non-hydrogen) atoms. The lowest BCUT2D eigenvalue weighted by molar-refractivity contribution is -0.130. The molecule has 7 nitrogen and oxygen atoms in total. The van der Waals surface area contributed by atoms with Crippen LogP contribution in [0.15, 0.2) is 41.2 Å². The molecule has 1 heterocycles. The summed E-state index contributed by atoms with van der Waals surface area (Å²) >= 11 is 0. The average molecular weight is 354 g/mol. The lowest BCUT2D eigenvalue weighted by Crippen LogP contribution is -2.57. The SMILES string of the molecule is CC(=O)NC1(C(=O)Nc2cccc(-c3ccc(=O)[nH]n3)c2)CCCCC1. The van der Waals surface area contributed by atoms with Crippen molar-refractivity contribution in [2.45, 2.75) is 44.6 Å². The molecule has 2 amide bonds. The molecule has 3 N–H and O–H groups in total. The molecule has 2 aromatic rings. The number of nitrogens with zero attached hydrogens (tertiary/aromatic N) is 1. The van der Waals surface area contributed by atoms with Crippen LogP contribution in [-0.4, -0.2) is 27.6 Å². The van der Waals surface area contributed by atoms with Gasteiger partial charge in [0.1, 0.15) is 5.54 Å². The Kier molecular flexibility index (Phi) is 5.16. The van der Waals surface area contributed by atoms with Crippen LogP contribution in [0, 0.1) is 0 Å². The molecule has 1 aromatic heterocycles. The van der Waals surface area contributed by atoms with Gasteiger partial charge in [-0.05, 0) is 31.0 Å². The Hall–Kier alpha value is -2.96. The molecule has 1 aliphatic carbocycles. The highest BCUT2D eigenvalue weighted by Crippen LogP contribution is 2.30. The van der Waals surface area contributed by atoms with Gasteiger partial charge in [-0.1, -0.05) is 31.4 Å². The van der Waals surface area contributed by atoms with Crippen molar-refractivity contribution in [2.24, 2.45) is 0 Å². The van der Waals surface area contributed by atoms with Crippen LogP contribution in [0.3, 0.4) is 0 Å². The van der Waals surface area contributed by atoms with Gasteiger partial charge in [-0.25, -0.2) is 5.10 Å². The first kappa shape index (κ1) is 17.8. The number of amides is 2. The van der Waals surface area contributed by atoms with Crippen molar-refractivity contribution in [3.63, 3.8) is 0 Å². The van der Waals surface area contributed by atoms with Crippen LogP contribution in [0.4, 0.5) is 5.69 Å². The molecule has 3 rings (SSSR count). The van der Waals surface area contributed by atoms with Gasteiger partial charge in [-0.2, -0.15) is 5.10 Å². The Bertz CT molecular complexity index is 849. The lowest BCUT2D eigenvalue weighted by Gasteiger charge is -2.36. The van der Waals surface area contributed by atoms with Crippen molar-refractivity contribution in [3.8, 4) is 11.3 Å². The highest BCUT2D eigenvalue weighted by Gasteiger charge is 2.40. The summed E-state index contributed by atoms with van der Waals surface area (Å²) in [5.41, 5.74) is 0.880. The Morgan fingerprint density at radius 1 is 1.12 bits per heavy atom. The van der Waals surface area contributed by atoms with Crippen LogP contribution in [0.2, 0.25) is 0 Å². The second kappa shape index (κ2) is 7.51. The van der Waals surface area contributed by atoms with Crippen LogP contribution < -0.4 is 16.2 Å². The number of hydrogen-bond acceptors (Lipinski definition) is 4. The minimum atomic E-state index is -0.851. The van der Waals surface area contributed by atoms with Crippen LogP contribution in [0.5, 0.6) is 0 Å². The van der Waals surface area contributed by atoms with Crippen molar-refractivity contribution in [2.75, 3.05) is 5.32 Å². The number of benzene rings is 1. The van der Waals surface area contributed by atoms with E-state index >= 15 is 0 Å². The van der Waals surface area contributed by atoms with E-state index in [0.29, 0.717) is 24.2 Å². The summed E-state index contributed by atoms with van der Waals surface area (Å²) in [6.07, 6.45) is 4.17. The minimum absolute atomic E-state index is 0.195. The lowest BCUT2D eigenvalue weighted by atomic mass is 9.80. The second-order valence-electron chi connectivity index (χ2n) is 6.67. The summed E-state index contributed by atoms with van der Waals surface area (Å²) in [5, 5.41) is 12.2. The summed E-state index contributed by atoms with van der Waals surface area (Å²) in [5.74, 6) is -0.396. The van der Waals surface area contributed by atoms with Crippen LogP contribution in [0.1, 0.15) is 39.0 Å². The van der Waals surface area contributed by atoms with E-state index in [0.717, 1.165) is 24.8 Å². The number of aromatic amines is 1. The minimum Gasteiger partial charge on any atom is -0.342 e. The third kappa shape index (κ3) is 3.99. The molecule has 1 fully saturated rings. The molecule has 0 unspecified atom stereocenters. The second-order valence-corrected chi connectivity index (χ2v) is 6.67. The molecule has 136 valence electrons. The van der Waals surface area contributed by atoms with Crippen LogP contribution in [0.25, 0.3) is 11.3 Å². The number of hydrogen-bond donors (Lipinski definition) is 3. The van der Waals surface area contributed by atoms with E-state index in [-0.39, 0.29) is 17.4 Å². The summed E-state index contributed by atoms with van der Waals surface area (Å²) < 4.78 is 0. The van der Waals surface area contributed by atoms with E-state index in [9.17, 15) is 14.4 Å². The summed E-state index contributed by atoms with van der Waals surface area (Å²) in [6, 6.07) is 10.3. The number of carbonyl (C=O) groups excluding carboxylic acids is 2. The Balaban J connectivity index is 1.82. The van der Waals surface area contributed by atoms with Crippen LogP contribution in [-0.2, 0) is 9.59 Å². The predicted octanol–water partition coefficient (Wildman–Crippen LogP) is 2.21. The number of carbonyl (C=O) groups is 2. The van der Waals surface area contributed by atoms with Gasteiger partial charge in [0, 0.05) is 24.2 Å². The van der Waals surface area contributed by atoms with Gasteiger partial charge in [0.25, 0.3) is 5.56 Å². The standard InChI is InChI=1S/C19H22N4O3/c1-13(24)21-19(10-3-2-4-11-19)18(26)20-15-7-5-6-14(12-15)16-8-9-17(25)23-22-16/h5-9,12H,2-4,10-11H2,1H3,(H,20,26)(H,21,24)(H,23,25). The normalized spacial score (nSPS) is 15.9. The molecule has 1 aromatic carbocycles. The van der Waals surface area contributed by atoms with Crippen molar-refractivity contribution >= 4 is 17.5 Å². The zero-order valence-corrected chi connectivity index (χ0v) is 14.7. The molecule has 0 bridgehead atoms. The molecule has 0 saturated heterocycles. The van der Waals surface area contributed by atoms with Gasteiger partial charge >= 0.3 is 0 Å². The largest absolute Gasteiger partial charge is 0.342 e.